The van der Waals surface area contributed by atoms with E-state index in [2.05, 4.69) is 4.98 Å². The fourth-order valence-electron chi connectivity index (χ4n) is 2.20. The molecule has 0 aliphatic rings. The van der Waals surface area contributed by atoms with Crippen molar-refractivity contribution in [3.8, 4) is 22.1 Å². The molecule has 0 unspecified atom stereocenters. The van der Waals surface area contributed by atoms with E-state index in [0.29, 0.717) is 27.6 Å². The highest BCUT2D eigenvalue weighted by atomic mass is 32.1. The van der Waals surface area contributed by atoms with Gasteiger partial charge in [0.25, 0.3) is 0 Å². The molecule has 0 radical (unpaired) electrons. The molecule has 0 aliphatic heterocycles. The van der Waals surface area contributed by atoms with Gasteiger partial charge in [-0.25, -0.2) is 14.2 Å². The van der Waals surface area contributed by atoms with Gasteiger partial charge in [-0.1, -0.05) is 18.2 Å². The van der Waals surface area contributed by atoms with Crippen LogP contribution in [0.5, 0.6) is 11.5 Å². The number of hydrogen-bond acceptors (Lipinski definition) is 5. The third-order valence-corrected chi connectivity index (χ3v) is 4.37. The lowest BCUT2D eigenvalue weighted by Crippen LogP contribution is -2.00. The molecule has 128 valence electrons. The van der Waals surface area contributed by atoms with Crippen LogP contribution in [0.25, 0.3) is 10.6 Å². The Hall–Kier alpha value is -2.93. The van der Waals surface area contributed by atoms with Gasteiger partial charge in [-0.05, 0) is 24.3 Å². The summed E-state index contributed by atoms with van der Waals surface area (Å²) in [7, 11) is 1.50. The van der Waals surface area contributed by atoms with E-state index in [1.807, 2.05) is 0 Å². The first-order valence-electron chi connectivity index (χ1n) is 7.32. The molecule has 0 atom stereocenters. The summed E-state index contributed by atoms with van der Waals surface area (Å²) in [5.41, 5.74) is 1.16. The molecule has 0 aliphatic carbocycles. The van der Waals surface area contributed by atoms with Crippen molar-refractivity contribution in [1.29, 1.82) is 0 Å². The molecule has 0 fully saturated rings. The van der Waals surface area contributed by atoms with Crippen molar-refractivity contribution in [3.05, 3.63) is 64.9 Å². The molecule has 25 heavy (non-hydrogen) atoms. The predicted octanol–water partition coefficient (Wildman–Crippen LogP) is 4.24. The number of hydrogen-bond donors (Lipinski definition) is 1. The lowest BCUT2D eigenvalue weighted by atomic mass is 10.2. The van der Waals surface area contributed by atoms with E-state index >= 15 is 0 Å². The number of aromatic carboxylic acids is 1. The first-order valence-corrected chi connectivity index (χ1v) is 8.20. The van der Waals surface area contributed by atoms with Crippen LogP contribution in [-0.4, -0.2) is 23.2 Å². The normalized spacial score (nSPS) is 10.5. The van der Waals surface area contributed by atoms with Crippen LogP contribution in [-0.2, 0) is 6.61 Å². The average molecular weight is 359 g/mol. The average Bonchev–Trinajstić information content (AvgIpc) is 3.11. The number of rotatable bonds is 6. The summed E-state index contributed by atoms with van der Waals surface area (Å²) in [6.07, 6.45) is 0. The van der Waals surface area contributed by atoms with Crippen LogP contribution < -0.4 is 9.47 Å². The Bertz CT molecular complexity index is 910. The van der Waals surface area contributed by atoms with E-state index in [4.69, 9.17) is 14.6 Å². The van der Waals surface area contributed by atoms with Crippen molar-refractivity contribution in [2.75, 3.05) is 7.11 Å². The minimum Gasteiger partial charge on any atom is -0.493 e. The maximum absolute atomic E-state index is 13.7. The van der Waals surface area contributed by atoms with Crippen LogP contribution in [0.2, 0.25) is 0 Å². The fraction of sp³-hybridized carbons (Fsp3) is 0.111. The highest BCUT2D eigenvalue weighted by Crippen LogP contribution is 2.34. The standard InChI is InChI=1S/C18H14FNO4S/c1-23-16-8-11(17-20-14(10-25-17)18(21)22)6-7-15(16)24-9-12-4-2-3-5-13(12)19/h2-8,10H,9H2,1H3,(H,21,22). The first kappa shape index (κ1) is 16.9. The Labute approximate surface area is 147 Å². The Kier molecular flexibility index (Phi) is 4.95. The van der Waals surface area contributed by atoms with Crippen molar-refractivity contribution >= 4 is 17.3 Å². The SMILES string of the molecule is COc1cc(-c2nc(C(=O)O)cs2)ccc1OCc1ccccc1F. The molecule has 1 heterocycles. The van der Waals surface area contributed by atoms with E-state index in [-0.39, 0.29) is 18.1 Å². The predicted molar refractivity (Wildman–Crippen MR) is 91.8 cm³/mol. The number of carboxylic acids is 1. The smallest absolute Gasteiger partial charge is 0.355 e. The number of aromatic nitrogens is 1. The van der Waals surface area contributed by atoms with Crippen LogP contribution in [0, 0.1) is 5.82 Å². The van der Waals surface area contributed by atoms with E-state index in [1.54, 1.807) is 36.4 Å². The quantitative estimate of drug-likeness (QED) is 0.713. The van der Waals surface area contributed by atoms with E-state index in [9.17, 15) is 9.18 Å². The van der Waals surface area contributed by atoms with Gasteiger partial charge in [-0.15, -0.1) is 11.3 Å². The lowest BCUT2D eigenvalue weighted by Gasteiger charge is -2.12. The Balaban J connectivity index is 1.81. The molecule has 2 aromatic carbocycles. The number of ether oxygens (including phenoxy) is 2. The highest BCUT2D eigenvalue weighted by Gasteiger charge is 2.13. The second-order valence-corrected chi connectivity index (χ2v) is 5.95. The zero-order chi connectivity index (χ0) is 17.8. The van der Waals surface area contributed by atoms with Crippen molar-refractivity contribution in [3.63, 3.8) is 0 Å². The van der Waals surface area contributed by atoms with Crippen LogP contribution in [0.4, 0.5) is 4.39 Å². The van der Waals surface area contributed by atoms with Crippen LogP contribution in [0.1, 0.15) is 16.1 Å². The van der Waals surface area contributed by atoms with Gasteiger partial charge in [0.05, 0.1) is 7.11 Å². The number of thiazole rings is 1. The van der Waals surface area contributed by atoms with Gasteiger partial charge in [0.1, 0.15) is 17.4 Å². The van der Waals surface area contributed by atoms with E-state index in [1.165, 1.54) is 29.9 Å². The van der Waals surface area contributed by atoms with Gasteiger partial charge in [0, 0.05) is 16.5 Å². The number of halogens is 1. The number of carboxylic acid groups (broad SMARTS) is 1. The van der Waals surface area contributed by atoms with Crippen molar-refractivity contribution < 1.29 is 23.8 Å². The molecule has 0 bridgehead atoms. The molecular weight excluding hydrogens is 345 g/mol. The topological polar surface area (TPSA) is 68.7 Å². The van der Waals surface area contributed by atoms with Crippen LogP contribution >= 0.6 is 11.3 Å². The molecule has 0 amide bonds. The third-order valence-electron chi connectivity index (χ3n) is 3.47. The van der Waals surface area contributed by atoms with Gasteiger partial charge in [0.2, 0.25) is 0 Å². The minimum atomic E-state index is -1.07. The van der Waals surface area contributed by atoms with E-state index in [0.717, 1.165) is 0 Å². The number of carbonyl (C=O) groups is 1. The Morgan fingerprint density at radius 2 is 2.04 bits per heavy atom. The lowest BCUT2D eigenvalue weighted by molar-refractivity contribution is 0.0691. The summed E-state index contributed by atoms with van der Waals surface area (Å²) < 4.78 is 24.6. The first-order chi connectivity index (χ1) is 12.1. The molecule has 5 nitrogen and oxygen atoms in total. The van der Waals surface area contributed by atoms with Gasteiger partial charge >= 0.3 is 5.97 Å². The third kappa shape index (κ3) is 3.77. The van der Waals surface area contributed by atoms with Gasteiger partial charge in [-0.2, -0.15) is 0 Å². The number of benzene rings is 2. The molecule has 0 saturated heterocycles. The van der Waals surface area contributed by atoms with Gasteiger partial charge < -0.3 is 14.6 Å². The summed E-state index contributed by atoms with van der Waals surface area (Å²) in [5, 5.41) is 11.0. The van der Waals surface area contributed by atoms with E-state index < -0.39 is 5.97 Å². The Morgan fingerprint density at radius 1 is 1.24 bits per heavy atom. The molecular formula is C18H14FNO4S. The molecule has 0 saturated carbocycles. The second kappa shape index (κ2) is 7.31. The molecule has 7 heteroatoms. The molecule has 3 aromatic rings. The van der Waals surface area contributed by atoms with Crippen LogP contribution in [0.15, 0.2) is 47.8 Å². The summed E-state index contributed by atoms with van der Waals surface area (Å²) >= 11 is 1.23. The maximum Gasteiger partial charge on any atom is 0.355 e. The van der Waals surface area contributed by atoms with Crippen molar-refractivity contribution in [2.45, 2.75) is 6.61 Å². The number of methoxy groups -OCH3 is 1. The maximum atomic E-state index is 13.7. The highest BCUT2D eigenvalue weighted by molar-refractivity contribution is 7.13. The summed E-state index contributed by atoms with van der Waals surface area (Å²) in [4.78, 5) is 15.0. The number of nitrogens with zero attached hydrogens (tertiary/aromatic N) is 1. The Morgan fingerprint density at radius 3 is 2.72 bits per heavy atom. The molecule has 3 rings (SSSR count). The molecule has 1 N–H and O–H groups in total. The monoisotopic (exact) mass is 359 g/mol. The summed E-state index contributed by atoms with van der Waals surface area (Å²) in [5.74, 6) is -0.480. The summed E-state index contributed by atoms with van der Waals surface area (Å²) in [6, 6.07) is 11.5. The fourth-order valence-corrected chi connectivity index (χ4v) is 2.99. The van der Waals surface area contributed by atoms with Crippen molar-refractivity contribution in [1.82, 2.24) is 4.98 Å². The van der Waals surface area contributed by atoms with Gasteiger partial charge in [0.15, 0.2) is 17.2 Å². The van der Waals surface area contributed by atoms with Crippen molar-refractivity contribution in [2.24, 2.45) is 0 Å². The minimum absolute atomic E-state index is 0.00107. The molecule has 0 spiro atoms. The molecule has 1 aromatic heterocycles. The summed E-state index contributed by atoms with van der Waals surface area (Å²) in [6.45, 7) is 0.0722. The largest absolute Gasteiger partial charge is 0.493 e. The zero-order valence-corrected chi connectivity index (χ0v) is 14.0. The second-order valence-electron chi connectivity index (χ2n) is 5.09. The van der Waals surface area contributed by atoms with Crippen LogP contribution in [0.3, 0.4) is 0 Å². The zero-order valence-electron chi connectivity index (χ0n) is 13.2. The van der Waals surface area contributed by atoms with Gasteiger partial charge in [-0.3, -0.25) is 0 Å².